The second-order valence-corrected chi connectivity index (χ2v) is 10.3. The molecule has 0 atom stereocenters. The number of benzene rings is 5. The number of allylic oxidation sites excluding steroid dienone is 4. The molecule has 0 fully saturated rings. The van der Waals surface area contributed by atoms with Gasteiger partial charge in [-0.25, -0.2) is 0 Å². The van der Waals surface area contributed by atoms with Crippen LogP contribution in [0.15, 0.2) is 115 Å². The minimum Gasteiger partial charge on any atom is -0.312 e. The van der Waals surface area contributed by atoms with Crippen LogP contribution in [0.1, 0.15) is 29.7 Å². The zero-order chi connectivity index (χ0) is 24.3. The van der Waals surface area contributed by atoms with Crippen LogP contribution in [0.5, 0.6) is 0 Å². The van der Waals surface area contributed by atoms with Gasteiger partial charge < -0.3 is 4.57 Å². The molecule has 1 heteroatoms. The molecule has 0 amide bonds. The minimum absolute atomic E-state index is 1.04. The van der Waals surface area contributed by atoms with Gasteiger partial charge >= 0.3 is 0 Å². The molecule has 0 spiro atoms. The molecule has 0 bridgehead atoms. The first-order chi connectivity index (χ1) is 18.4. The lowest BCUT2D eigenvalue weighted by Gasteiger charge is -2.20. The highest BCUT2D eigenvalue weighted by Gasteiger charge is 2.27. The Kier molecular flexibility index (Phi) is 4.54. The number of hydrogen-bond donors (Lipinski definition) is 0. The predicted octanol–water partition coefficient (Wildman–Crippen LogP) is 9.44. The van der Waals surface area contributed by atoms with Crippen molar-refractivity contribution in [3.05, 3.63) is 132 Å². The van der Waals surface area contributed by atoms with Crippen LogP contribution in [0.4, 0.5) is 0 Å². The van der Waals surface area contributed by atoms with E-state index in [0.29, 0.717) is 0 Å². The normalized spacial score (nSPS) is 14.6. The van der Waals surface area contributed by atoms with E-state index >= 15 is 0 Å². The fraction of sp³-hybridized carbons (Fsp3) is 0.111. The standard InChI is InChI=1S/C36H27N/c1-2-10-24(11-3-1)25-18-21-27(22-19-25)37-33-23-20-26-12-4-5-13-28(26)34(33)35-31-16-8-6-14-29(31)30-15-7-9-17-32(30)36(35)37/h1-2,4-10,12-19,21-22H,3,11,20,23H2. The van der Waals surface area contributed by atoms with Crippen LogP contribution >= 0.6 is 0 Å². The predicted molar refractivity (Wildman–Crippen MR) is 157 cm³/mol. The number of rotatable bonds is 2. The highest BCUT2D eigenvalue weighted by molar-refractivity contribution is 6.29. The van der Waals surface area contributed by atoms with Gasteiger partial charge in [0.1, 0.15) is 0 Å². The number of aryl methyl sites for hydroxylation is 1. The third-order valence-electron chi connectivity index (χ3n) is 8.37. The van der Waals surface area contributed by atoms with Gasteiger partial charge in [0.05, 0.1) is 5.52 Å². The fourth-order valence-electron chi connectivity index (χ4n) is 6.71. The molecule has 1 nitrogen and oxygen atoms in total. The van der Waals surface area contributed by atoms with E-state index in [2.05, 4.69) is 120 Å². The molecule has 0 unspecified atom stereocenters. The third kappa shape index (κ3) is 3.04. The van der Waals surface area contributed by atoms with Gasteiger partial charge in [-0.2, -0.15) is 0 Å². The Morgan fingerprint density at radius 1 is 0.595 bits per heavy atom. The molecule has 0 saturated carbocycles. The lowest BCUT2D eigenvalue weighted by molar-refractivity contribution is 0.866. The highest BCUT2D eigenvalue weighted by Crippen LogP contribution is 2.48. The zero-order valence-electron chi connectivity index (χ0n) is 20.7. The molecule has 2 aliphatic carbocycles. The lowest BCUT2D eigenvalue weighted by Crippen LogP contribution is -2.08. The number of aromatic nitrogens is 1. The van der Waals surface area contributed by atoms with Crippen molar-refractivity contribution in [2.45, 2.75) is 25.7 Å². The van der Waals surface area contributed by atoms with Gasteiger partial charge in [0.25, 0.3) is 0 Å². The topological polar surface area (TPSA) is 4.93 Å². The highest BCUT2D eigenvalue weighted by atomic mass is 15.0. The van der Waals surface area contributed by atoms with Crippen LogP contribution in [0.3, 0.4) is 0 Å². The molecule has 0 aliphatic heterocycles. The van der Waals surface area contributed by atoms with Crippen molar-refractivity contribution < 1.29 is 0 Å². The van der Waals surface area contributed by atoms with Gasteiger partial charge in [0, 0.05) is 27.7 Å². The average Bonchev–Trinajstić information content (AvgIpc) is 3.34. The van der Waals surface area contributed by atoms with Crippen molar-refractivity contribution in [3.8, 4) is 16.8 Å². The molecule has 0 radical (unpaired) electrons. The second kappa shape index (κ2) is 8.08. The maximum Gasteiger partial charge on any atom is 0.0622 e. The largest absolute Gasteiger partial charge is 0.312 e. The number of nitrogens with zero attached hydrogens (tertiary/aromatic N) is 1. The van der Waals surface area contributed by atoms with E-state index in [0.717, 1.165) is 25.7 Å². The van der Waals surface area contributed by atoms with Crippen molar-refractivity contribution in [1.82, 2.24) is 4.57 Å². The summed E-state index contributed by atoms with van der Waals surface area (Å²) in [6, 6.07) is 36.2. The fourth-order valence-corrected chi connectivity index (χ4v) is 6.71. The van der Waals surface area contributed by atoms with E-state index in [4.69, 9.17) is 0 Å². The monoisotopic (exact) mass is 473 g/mol. The Morgan fingerprint density at radius 2 is 1.30 bits per heavy atom. The molecule has 6 aromatic rings. The van der Waals surface area contributed by atoms with Crippen molar-refractivity contribution >= 4 is 38.0 Å². The summed E-state index contributed by atoms with van der Waals surface area (Å²) in [7, 11) is 0. The molecular weight excluding hydrogens is 446 g/mol. The molecule has 176 valence electrons. The van der Waals surface area contributed by atoms with Crippen molar-refractivity contribution in [1.29, 1.82) is 0 Å². The van der Waals surface area contributed by atoms with Crippen molar-refractivity contribution in [2.24, 2.45) is 0 Å². The van der Waals surface area contributed by atoms with Crippen molar-refractivity contribution in [2.75, 3.05) is 0 Å². The maximum absolute atomic E-state index is 2.58. The van der Waals surface area contributed by atoms with Crippen LogP contribution < -0.4 is 0 Å². The lowest BCUT2D eigenvalue weighted by atomic mass is 9.86. The molecule has 8 rings (SSSR count). The number of fused-ring (bicyclic) bond motifs is 10. The van der Waals surface area contributed by atoms with E-state index in [9.17, 15) is 0 Å². The van der Waals surface area contributed by atoms with Gasteiger partial charge in [-0.05, 0) is 76.2 Å². The van der Waals surface area contributed by atoms with E-state index in [-0.39, 0.29) is 0 Å². The summed E-state index contributed by atoms with van der Waals surface area (Å²) >= 11 is 0. The molecular formula is C36H27N. The maximum atomic E-state index is 2.58. The molecule has 1 aromatic heterocycles. The summed E-state index contributed by atoms with van der Waals surface area (Å²) < 4.78 is 2.58. The average molecular weight is 474 g/mol. The summed E-state index contributed by atoms with van der Waals surface area (Å²) in [5.74, 6) is 0. The van der Waals surface area contributed by atoms with Crippen LogP contribution in [-0.4, -0.2) is 4.57 Å². The molecule has 0 N–H and O–H groups in total. The summed E-state index contributed by atoms with van der Waals surface area (Å²) in [4.78, 5) is 0. The molecule has 5 aromatic carbocycles. The first kappa shape index (κ1) is 20.8. The van der Waals surface area contributed by atoms with E-state index < -0.39 is 0 Å². The van der Waals surface area contributed by atoms with Gasteiger partial charge in [0.15, 0.2) is 0 Å². The van der Waals surface area contributed by atoms with Crippen LogP contribution in [0.25, 0.3) is 54.8 Å². The molecule has 0 saturated heterocycles. The first-order valence-corrected chi connectivity index (χ1v) is 13.4. The summed E-state index contributed by atoms with van der Waals surface area (Å²) in [6.07, 6.45) is 11.1. The molecule has 1 heterocycles. The smallest absolute Gasteiger partial charge is 0.0622 e. The number of hydrogen-bond acceptors (Lipinski definition) is 0. The summed E-state index contributed by atoms with van der Waals surface area (Å²) in [5.41, 5.74) is 11.1. The van der Waals surface area contributed by atoms with Gasteiger partial charge in [-0.15, -0.1) is 0 Å². The summed E-state index contributed by atoms with van der Waals surface area (Å²) in [6.45, 7) is 0. The van der Waals surface area contributed by atoms with Gasteiger partial charge in [0.2, 0.25) is 0 Å². The second-order valence-electron chi connectivity index (χ2n) is 10.3. The third-order valence-corrected chi connectivity index (χ3v) is 8.37. The Morgan fingerprint density at radius 3 is 2.08 bits per heavy atom. The Labute approximate surface area is 217 Å². The minimum atomic E-state index is 1.04. The van der Waals surface area contributed by atoms with Crippen LogP contribution in [-0.2, 0) is 12.8 Å². The van der Waals surface area contributed by atoms with Crippen LogP contribution in [0.2, 0.25) is 0 Å². The molecule has 2 aliphatic rings. The quantitative estimate of drug-likeness (QED) is 0.221. The van der Waals surface area contributed by atoms with Gasteiger partial charge in [-0.3, -0.25) is 0 Å². The first-order valence-electron chi connectivity index (χ1n) is 13.4. The van der Waals surface area contributed by atoms with Crippen molar-refractivity contribution in [3.63, 3.8) is 0 Å². The Bertz CT molecular complexity index is 1910. The van der Waals surface area contributed by atoms with Crippen LogP contribution in [0, 0.1) is 0 Å². The van der Waals surface area contributed by atoms with E-state index in [1.165, 1.54) is 71.7 Å². The van der Waals surface area contributed by atoms with Gasteiger partial charge in [-0.1, -0.05) is 103 Å². The van der Waals surface area contributed by atoms with E-state index in [1.54, 1.807) is 0 Å². The zero-order valence-corrected chi connectivity index (χ0v) is 20.7. The van der Waals surface area contributed by atoms with E-state index in [1.807, 2.05) is 0 Å². The Hall–Kier alpha value is -4.36. The summed E-state index contributed by atoms with van der Waals surface area (Å²) in [5, 5.41) is 6.72. The Balaban J connectivity index is 1.51. The SMILES string of the molecule is C1=CCCC(c2ccc(-n3c4c(c5c6ccccc6c6ccccc6c53)-c3ccccc3CC4)cc2)=C1. The molecule has 37 heavy (non-hydrogen) atoms.